The lowest BCUT2D eigenvalue weighted by Crippen LogP contribution is -2.48. The number of hydrogen-bond donors (Lipinski definition) is 0. The van der Waals surface area contributed by atoms with Crippen LogP contribution >= 0.6 is 11.6 Å². The van der Waals surface area contributed by atoms with Crippen LogP contribution in [-0.4, -0.2) is 53.3 Å². The van der Waals surface area contributed by atoms with Crippen LogP contribution in [0.1, 0.15) is 10.4 Å². The number of carbonyl (C=O) groups is 2. The number of carbonyl (C=O) groups excluding carboxylic acids is 2. The number of piperazine rings is 1. The fraction of sp³-hybridized carbons (Fsp3) is 0.364. The molecular formula is C11H12ClN3O2. The van der Waals surface area contributed by atoms with E-state index in [1.54, 1.807) is 28.1 Å². The van der Waals surface area contributed by atoms with E-state index in [-0.39, 0.29) is 11.1 Å². The molecule has 17 heavy (non-hydrogen) atoms. The number of halogens is 1. The molecule has 2 amide bonds. The summed E-state index contributed by atoms with van der Waals surface area (Å²) in [5.74, 6) is -0.131. The normalized spacial score (nSPS) is 15.8. The lowest BCUT2D eigenvalue weighted by Gasteiger charge is -2.32. The zero-order valence-corrected chi connectivity index (χ0v) is 9.93. The molecule has 1 fully saturated rings. The summed E-state index contributed by atoms with van der Waals surface area (Å²) in [6.07, 6.45) is 2.35. The van der Waals surface area contributed by atoms with Gasteiger partial charge in [-0.3, -0.25) is 9.59 Å². The SMILES string of the molecule is O=CN1CCN(C(=O)c2cccnc2Cl)CC1. The third-order valence-corrected chi connectivity index (χ3v) is 3.04. The molecule has 1 saturated heterocycles. The molecule has 1 aromatic heterocycles. The van der Waals surface area contributed by atoms with Crippen molar-refractivity contribution in [3.8, 4) is 0 Å². The van der Waals surface area contributed by atoms with Crippen molar-refractivity contribution in [1.29, 1.82) is 0 Å². The minimum atomic E-state index is -0.131. The Morgan fingerprint density at radius 3 is 2.65 bits per heavy atom. The van der Waals surface area contributed by atoms with Crippen LogP contribution in [0.5, 0.6) is 0 Å². The van der Waals surface area contributed by atoms with Crippen molar-refractivity contribution >= 4 is 23.9 Å². The number of amides is 2. The van der Waals surface area contributed by atoms with Gasteiger partial charge in [-0.2, -0.15) is 0 Å². The number of rotatable bonds is 2. The highest BCUT2D eigenvalue weighted by Crippen LogP contribution is 2.15. The van der Waals surface area contributed by atoms with Crippen LogP contribution < -0.4 is 0 Å². The second-order valence-electron chi connectivity index (χ2n) is 3.78. The summed E-state index contributed by atoms with van der Waals surface area (Å²) in [6.45, 7) is 2.19. The van der Waals surface area contributed by atoms with Gasteiger partial charge >= 0.3 is 0 Å². The average molecular weight is 254 g/mol. The van der Waals surface area contributed by atoms with Crippen molar-refractivity contribution in [3.63, 3.8) is 0 Å². The number of pyridine rings is 1. The fourth-order valence-electron chi connectivity index (χ4n) is 1.75. The van der Waals surface area contributed by atoms with Gasteiger partial charge in [0.1, 0.15) is 5.15 Å². The molecule has 0 spiro atoms. The van der Waals surface area contributed by atoms with E-state index in [1.165, 1.54) is 0 Å². The summed E-state index contributed by atoms with van der Waals surface area (Å²) in [6, 6.07) is 3.34. The molecule has 0 N–H and O–H groups in total. The van der Waals surface area contributed by atoms with Crippen molar-refractivity contribution in [2.24, 2.45) is 0 Å². The van der Waals surface area contributed by atoms with Gasteiger partial charge in [-0.15, -0.1) is 0 Å². The molecule has 1 aromatic rings. The molecule has 0 aliphatic carbocycles. The van der Waals surface area contributed by atoms with Crippen LogP contribution in [0.4, 0.5) is 0 Å². The van der Waals surface area contributed by atoms with Crippen LogP contribution in [0, 0.1) is 0 Å². The number of aromatic nitrogens is 1. The van der Waals surface area contributed by atoms with Gasteiger partial charge in [0, 0.05) is 32.4 Å². The molecule has 1 aliphatic heterocycles. The van der Waals surface area contributed by atoms with Crippen molar-refractivity contribution in [2.45, 2.75) is 0 Å². The van der Waals surface area contributed by atoms with Crippen LogP contribution in [0.15, 0.2) is 18.3 Å². The van der Waals surface area contributed by atoms with Gasteiger partial charge in [0.15, 0.2) is 0 Å². The summed E-state index contributed by atoms with van der Waals surface area (Å²) >= 11 is 5.87. The molecule has 90 valence electrons. The Bertz CT molecular complexity index is 430. The van der Waals surface area contributed by atoms with Crippen LogP contribution in [-0.2, 0) is 4.79 Å². The summed E-state index contributed by atoms with van der Waals surface area (Å²) in [4.78, 5) is 29.9. The first-order valence-electron chi connectivity index (χ1n) is 5.31. The molecule has 0 saturated carbocycles. The Kier molecular flexibility index (Phi) is 3.58. The van der Waals surface area contributed by atoms with Crippen molar-refractivity contribution in [2.75, 3.05) is 26.2 Å². The molecule has 2 rings (SSSR count). The summed E-state index contributed by atoms with van der Waals surface area (Å²) in [7, 11) is 0. The first-order chi connectivity index (χ1) is 8.22. The maximum absolute atomic E-state index is 12.1. The Labute approximate surface area is 104 Å². The lowest BCUT2D eigenvalue weighted by molar-refractivity contribution is -0.119. The molecule has 0 radical (unpaired) electrons. The summed E-state index contributed by atoms with van der Waals surface area (Å²) in [5.41, 5.74) is 0.411. The molecule has 0 unspecified atom stereocenters. The monoisotopic (exact) mass is 253 g/mol. The van der Waals surface area contributed by atoms with Crippen LogP contribution in [0.3, 0.4) is 0 Å². The van der Waals surface area contributed by atoms with Gasteiger partial charge in [-0.05, 0) is 12.1 Å². The van der Waals surface area contributed by atoms with E-state index in [1.807, 2.05) is 0 Å². The van der Waals surface area contributed by atoms with Crippen molar-refractivity contribution < 1.29 is 9.59 Å². The number of nitrogens with zero attached hydrogens (tertiary/aromatic N) is 3. The first-order valence-corrected chi connectivity index (χ1v) is 5.69. The van der Waals surface area contributed by atoms with Crippen molar-refractivity contribution in [3.05, 3.63) is 29.0 Å². The molecule has 5 nitrogen and oxygen atoms in total. The maximum Gasteiger partial charge on any atom is 0.257 e. The average Bonchev–Trinajstić information content (AvgIpc) is 2.39. The standard InChI is InChI=1S/C11H12ClN3O2/c12-10-9(2-1-3-13-10)11(17)15-6-4-14(8-16)5-7-15/h1-3,8H,4-7H2. The topological polar surface area (TPSA) is 53.5 Å². The van der Waals surface area contributed by atoms with Crippen LogP contribution in [0.25, 0.3) is 0 Å². The van der Waals surface area contributed by atoms with E-state index >= 15 is 0 Å². The van der Waals surface area contributed by atoms with Gasteiger partial charge in [0.05, 0.1) is 5.56 Å². The quantitative estimate of drug-likeness (QED) is 0.574. The van der Waals surface area contributed by atoms with Gasteiger partial charge < -0.3 is 9.80 Å². The molecule has 6 heteroatoms. The fourth-order valence-corrected chi connectivity index (χ4v) is 1.95. The predicted octanol–water partition coefficient (Wildman–Crippen LogP) is 0.649. The maximum atomic E-state index is 12.1. The largest absolute Gasteiger partial charge is 0.342 e. The van der Waals surface area contributed by atoms with Crippen LogP contribution in [0.2, 0.25) is 5.15 Å². The van der Waals surface area contributed by atoms with Gasteiger partial charge in [0.25, 0.3) is 5.91 Å². The predicted molar refractivity (Wildman–Crippen MR) is 62.8 cm³/mol. The van der Waals surface area contributed by atoms with Gasteiger partial charge in [-0.1, -0.05) is 11.6 Å². The van der Waals surface area contributed by atoms with E-state index in [0.29, 0.717) is 31.7 Å². The van der Waals surface area contributed by atoms with E-state index in [9.17, 15) is 9.59 Å². The molecular weight excluding hydrogens is 242 g/mol. The van der Waals surface area contributed by atoms with E-state index in [4.69, 9.17) is 11.6 Å². The van der Waals surface area contributed by atoms with Gasteiger partial charge in [-0.25, -0.2) is 4.98 Å². The minimum absolute atomic E-state index is 0.131. The number of hydrogen-bond acceptors (Lipinski definition) is 3. The molecule has 2 heterocycles. The van der Waals surface area contributed by atoms with E-state index in [0.717, 1.165) is 6.41 Å². The Balaban J connectivity index is 2.07. The third kappa shape index (κ3) is 2.55. The molecule has 1 aliphatic rings. The van der Waals surface area contributed by atoms with E-state index < -0.39 is 0 Å². The van der Waals surface area contributed by atoms with Crippen molar-refractivity contribution in [1.82, 2.24) is 14.8 Å². The zero-order chi connectivity index (χ0) is 12.3. The second kappa shape index (κ2) is 5.14. The first kappa shape index (κ1) is 11.9. The molecule has 0 atom stereocenters. The Morgan fingerprint density at radius 1 is 1.35 bits per heavy atom. The summed E-state index contributed by atoms with van der Waals surface area (Å²) in [5, 5.41) is 0.218. The molecule has 0 bridgehead atoms. The zero-order valence-electron chi connectivity index (χ0n) is 9.17. The van der Waals surface area contributed by atoms with Gasteiger partial charge in [0.2, 0.25) is 6.41 Å². The highest BCUT2D eigenvalue weighted by atomic mass is 35.5. The minimum Gasteiger partial charge on any atom is -0.342 e. The summed E-state index contributed by atoms with van der Waals surface area (Å²) < 4.78 is 0. The third-order valence-electron chi connectivity index (χ3n) is 2.74. The lowest BCUT2D eigenvalue weighted by atomic mass is 10.2. The highest BCUT2D eigenvalue weighted by molar-refractivity contribution is 6.32. The second-order valence-corrected chi connectivity index (χ2v) is 4.13. The molecule has 0 aromatic carbocycles. The Hall–Kier alpha value is -1.62. The highest BCUT2D eigenvalue weighted by Gasteiger charge is 2.22. The van der Waals surface area contributed by atoms with E-state index in [2.05, 4.69) is 4.98 Å². The smallest absolute Gasteiger partial charge is 0.257 e. The Morgan fingerprint density at radius 2 is 2.06 bits per heavy atom.